The van der Waals surface area contributed by atoms with Crippen molar-refractivity contribution in [2.75, 3.05) is 18.8 Å². The maximum atomic E-state index is 15.0. The van der Waals surface area contributed by atoms with Crippen LogP contribution in [0.15, 0.2) is 48.7 Å². The number of nitrogen functional groups attached to an aromatic ring is 1. The lowest BCUT2D eigenvalue weighted by Gasteiger charge is -2.22. The first-order chi connectivity index (χ1) is 18.8. The molecule has 1 aliphatic heterocycles. The average Bonchev–Trinajstić information content (AvgIpc) is 3.54. The normalized spacial score (nSPS) is 21.4. The Balaban J connectivity index is 1.24. The van der Waals surface area contributed by atoms with Crippen LogP contribution in [0.3, 0.4) is 0 Å². The Morgan fingerprint density at radius 1 is 1.10 bits per heavy atom. The summed E-state index contributed by atoms with van der Waals surface area (Å²) in [6.45, 7) is 6.87. The highest BCUT2D eigenvalue weighted by Crippen LogP contribution is 2.27. The van der Waals surface area contributed by atoms with Crippen molar-refractivity contribution in [2.24, 2.45) is 5.73 Å². The second kappa shape index (κ2) is 11.8. The number of nitrogens with two attached hydrogens (primary N) is 2. The van der Waals surface area contributed by atoms with Gasteiger partial charge in [-0.15, -0.1) is 0 Å². The fourth-order valence-corrected chi connectivity index (χ4v) is 5.55. The monoisotopic (exact) mass is 531 g/mol. The number of halogens is 1. The lowest BCUT2D eigenvalue weighted by atomic mass is 10.0. The molecule has 0 bridgehead atoms. The van der Waals surface area contributed by atoms with Crippen LogP contribution in [0.1, 0.15) is 58.3 Å². The fraction of sp³-hybridized carbons (Fsp3) is 0.419. The molecular formula is C31H38FN5O2. The zero-order chi connectivity index (χ0) is 27.5. The minimum Gasteiger partial charge on any atom is -0.383 e. The predicted molar refractivity (Wildman–Crippen MR) is 152 cm³/mol. The number of hydrogen-bond donors (Lipinski definition) is 3. The zero-order valence-corrected chi connectivity index (χ0v) is 22.8. The fourth-order valence-electron chi connectivity index (χ4n) is 5.55. The van der Waals surface area contributed by atoms with Crippen molar-refractivity contribution in [1.82, 2.24) is 15.2 Å². The summed E-state index contributed by atoms with van der Waals surface area (Å²) < 4.78 is 21.2. The van der Waals surface area contributed by atoms with Crippen LogP contribution in [-0.2, 0) is 17.9 Å². The van der Waals surface area contributed by atoms with E-state index in [2.05, 4.69) is 47.2 Å². The number of nitrogens with one attached hydrogen (secondary N) is 1. The SMILES string of the molecule is Cc1ccc(CO[C@H]2CCC[C@@H]2NC(=O)c2cc(-c3ccc(CN4CCC(N)C4)c(F)c3)cnc2N)cc1C. The highest BCUT2D eigenvalue weighted by atomic mass is 19.1. The van der Waals surface area contributed by atoms with E-state index in [-0.39, 0.29) is 41.3 Å². The molecule has 1 amide bonds. The zero-order valence-electron chi connectivity index (χ0n) is 22.8. The van der Waals surface area contributed by atoms with Gasteiger partial charge in [-0.2, -0.15) is 0 Å². The van der Waals surface area contributed by atoms with Crippen LogP contribution in [0.5, 0.6) is 0 Å². The van der Waals surface area contributed by atoms with Crippen LogP contribution in [0.25, 0.3) is 11.1 Å². The van der Waals surface area contributed by atoms with Gasteiger partial charge in [-0.05, 0) is 73.9 Å². The quantitative estimate of drug-likeness (QED) is 0.396. The molecule has 0 spiro atoms. The lowest BCUT2D eigenvalue weighted by Crippen LogP contribution is -2.41. The number of hydrogen-bond acceptors (Lipinski definition) is 6. The van der Waals surface area contributed by atoms with E-state index in [9.17, 15) is 9.18 Å². The Morgan fingerprint density at radius 3 is 2.69 bits per heavy atom. The number of anilines is 1. The molecule has 3 aromatic rings. The molecule has 3 atom stereocenters. The van der Waals surface area contributed by atoms with Gasteiger partial charge in [0, 0.05) is 43.0 Å². The van der Waals surface area contributed by atoms with E-state index in [0.717, 1.165) is 44.3 Å². The van der Waals surface area contributed by atoms with Gasteiger partial charge in [-0.1, -0.05) is 30.3 Å². The molecule has 1 aliphatic carbocycles. The van der Waals surface area contributed by atoms with Gasteiger partial charge in [0.1, 0.15) is 11.6 Å². The summed E-state index contributed by atoms with van der Waals surface area (Å²) in [5, 5.41) is 3.11. The first kappa shape index (κ1) is 27.2. The van der Waals surface area contributed by atoms with Crippen LogP contribution in [0.4, 0.5) is 10.2 Å². The lowest BCUT2D eigenvalue weighted by molar-refractivity contribution is 0.0272. The maximum absolute atomic E-state index is 15.0. The number of carbonyl (C=O) groups excluding carboxylic acids is 1. The largest absolute Gasteiger partial charge is 0.383 e. The summed E-state index contributed by atoms with van der Waals surface area (Å²) in [5.74, 6) is -0.439. The van der Waals surface area contributed by atoms with Crippen molar-refractivity contribution in [1.29, 1.82) is 0 Å². The van der Waals surface area contributed by atoms with Gasteiger partial charge >= 0.3 is 0 Å². The smallest absolute Gasteiger partial charge is 0.255 e. The molecule has 7 nitrogen and oxygen atoms in total. The molecule has 1 aromatic heterocycles. The predicted octanol–water partition coefficient (Wildman–Crippen LogP) is 4.49. The van der Waals surface area contributed by atoms with Gasteiger partial charge < -0.3 is 21.5 Å². The Hall–Kier alpha value is -3.33. The summed E-state index contributed by atoms with van der Waals surface area (Å²) in [7, 11) is 0. The molecular weight excluding hydrogens is 493 g/mol. The van der Waals surface area contributed by atoms with Gasteiger partial charge in [-0.3, -0.25) is 9.69 Å². The highest BCUT2D eigenvalue weighted by molar-refractivity contribution is 5.99. The van der Waals surface area contributed by atoms with Crippen molar-refractivity contribution >= 4 is 11.7 Å². The first-order valence-electron chi connectivity index (χ1n) is 13.8. The van der Waals surface area contributed by atoms with Gasteiger partial charge in [0.15, 0.2) is 0 Å². The van der Waals surface area contributed by atoms with Crippen molar-refractivity contribution in [3.05, 3.63) is 82.3 Å². The van der Waals surface area contributed by atoms with Crippen molar-refractivity contribution in [3.8, 4) is 11.1 Å². The Morgan fingerprint density at radius 2 is 1.95 bits per heavy atom. The standard InChI is InChI=1S/C31H38FN5O2/c1-19-6-7-21(12-20(19)2)18-39-29-5-3-4-28(29)36-31(38)26-13-24(15-35-30(26)34)22-8-9-23(27(32)14-22)16-37-11-10-25(33)17-37/h6-9,12-15,25,28-29H,3-5,10-11,16-18,33H2,1-2H3,(H2,34,35)(H,36,38)/t25?,28-,29-/m0/s1. The van der Waals surface area contributed by atoms with Crippen LogP contribution in [0, 0.1) is 19.7 Å². The average molecular weight is 532 g/mol. The summed E-state index contributed by atoms with van der Waals surface area (Å²) in [5.41, 5.74) is 17.9. The van der Waals surface area contributed by atoms with Crippen molar-refractivity contribution in [3.63, 3.8) is 0 Å². The van der Waals surface area contributed by atoms with Gasteiger partial charge in [0.05, 0.1) is 24.3 Å². The number of ether oxygens (including phenoxy) is 1. The maximum Gasteiger partial charge on any atom is 0.255 e. The number of nitrogens with zero attached hydrogens (tertiary/aromatic N) is 2. The number of amides is 1. The van der Waals surface area contributed by atoms with Crippen molar-refractivity contribution in [2.45, 2.75) is 70.9 Å². The molecule has 0 radical (unpaired) electrons. The summed E-state index contributed by atoms with van der Waals surface area (Å²) in [4.78, 5) is 19.7. The van der Waals surface area contributed by atoms with Crippen LogP contribution in [-0.4, -0.2) is 47.1 Å². The summed E-state index contributed by atoms with van der Waals surface area (Å²) in [6, 6.07) is 13.2. The van der Waals surface area contributed by atoms with E-state index in [0.29, 0.717) is 29.8 Å². The molecule has 2 aromatic carbocycles. The van der Waals surface area contributed by atoms with E-state index >= 15 is 0 Å². The van der Waals surface area contributed by atoms with Crippen LogP contribution >= 0.6 is 0 Å². The van der Waals surface area contributed by atoms with Gasteiger partial charge in [0.25, 0.3) is 5.91 Å². The molecule has 39 heavy (non-hydrogen) atoms. The van der Waals surface area contributed by atoms with E-state index in [1.165, 1.54) is 17.2 Å². The number of pyridine rings is 1. The third-order valence-electron chi connectivity index (χ3n) is 8.06. The number of aromatic nitrogens is 1. The third kappa shape index (κ3) is 6.46. The molecule has 2 fully saturated rings. The topological polar surface area (TPSA) is 106 Å². The first-order valence-corrected chi connectivity index (χ1v) is 13.8. The molecule has 5 N–H and O–H groups in total. The van der Waals surface area contributed by atoms with Crippen LogP contribution in [0.2, 0.25) is 0 Å². The molecule has 1 saturated carbocycles. The van der Waals surface area contributed by atoms with E-state index in [4.69, 9.17) is 16.2 Å². The van der Waals surface area contributed by atoms with Crippen molar-refractivity contribution < 1.29 is 13.9 Å². The highest BCUT2D eigenvalue weighted by Gasteiger charge is 2.30. The molecule has 5 rings (SSSR count). The number of rotatable bonds is 8. The minimum atomic E-state index is -0.295. The van der Waals surface area contributed by atoms with Gasteiger partial charge in [-0.25, -0.2) is 9.37 Å². The molecule has 2 heterocycles. The van der Waals surface area contributed by atoms with E-state index in [1.54, 1.807) is 18.3 Å². The molecule has 1 unspecified atom stereocenters. The summed E-state index contributed by atoms with van der Waals surface area (Å²) >= 11 is 0. The molecule has 2 aliphatic rings. The Bertz CT molecular complexity index is 1350. The number of likely N-dealkylation sites (tertiary alicyclic amines) is 1. The second-order valence-corrected chi connectivity index (χ2v) is 11.0. The van der Waals surface area contributed by atoms with Gasteiger partial charge in [0.2, 0.25) is 0 Å². The Labute approximate surface area is 229 Å². The van der Waals surface area contributed by atoms with E-state index < -0.39 is 0 Å². The second-order valence-electron chi connectivity index (χ2n) is 11.0. The molecule has 8 heteroatoms. The molecule has 1 saturated heterocycles. The number of benzene rings is 2. The summed E-state index contributed by atoms with van der Waals surface area (Å²) in [6.07, 6.45) is 5.14. The van der Waals surface area contributed by atoms with Crippen LogP contribution < -0.4 is 16.8 Å². The van der Waals surface area contributed by atoms with E-state index in [1.807, 2.05) is 6.07 Å². The molecule has 206 valence electrons. The third-order valence-corrected chi connectivity index (χ3v) is 8.06. The number of aryl methyl sites for hydroxylation is 2. The Kier molecular flexibility index (Phi) is 8.26. The minimum absolute atomic E-state index is 0.0697. The number of carbonyl (C=O) groups is 1.